The van der Waals surface area contributed by atoms with Crippen molar-refractivity contribution < 1.29 is 22.8 Å². The van der Waals surface area contributed by atoms with Crippen molar-refractivity contribution in [2.75, 3.05) is 10.6 Å². The third-order valence-corrected chi connectivity index (χ3v) is 4.88. The molecule has 0 atom stereocenters. The van der Waals surface area contributed by atoms with Gasteiger partial charge in [-0.1, -0.05) is 54.2 Å². The van der Waals surface area contributed by atoms with Crippen LogP contribution in [-0.2, 0) is 15.8 Å². The van der Waals surface area contributed by atoms with Crippen LogP contribution in [0, 0.1) is 0 Å². The highest BCUT2D eigenvalue weighted by molar-refractivity contribution is 7.99. The average Bonchev–Trinajstić information content (AvgIpc) is 2.70. The molecular formula is C21H15F3N2O2S. The van der Waals surface area contributed by atoms with Gasteiger partial charge in [0.05, 0.1) is 16.9 Å². The van der Waals surface area contributed by atoms with Crippen LogP contribution in [0.2, 0.25) is 0 Å². The van der Waals surface area contributed by atoms with Crippen molar-refractivity contribution in [3.63, 3.8) is 0 Å². The molecular weight excluding hydrogens is 401 g/mol. The zero-order chi connectivity index (χ0) is 20.9. The highest BCUT2D eigenvalue weighted by Gasteiger charge is 2.34. The molecule has 2 N–H and O–H groups in total. The van der Waals surface area contributed by atoms with E-state index in [1.807, 2.05) is 35.6 Å². The van der Waals surface area contributed by atoms with Gasteiger partial charge in [-0.3, -0.25) is 9.59 Å². The van der Waals surface area contributed by atoms with E-state index < -0.39 is 29.2 Å². The number of nitrogens with one attached hydrogen (secondary N) is 2. The largest absolute Gasteiger partial charge is 0.418 e. The molecule has 8 heteroatoms. The quantitative estimate of drug-likeness (QED) is 0.558. The van der Waals surface area contributed by atoms with Crippen LogP contribution >= 0.6 is 11.8 Å². The molecule has 0 heterocycles. The van der Waals surface area contributed by atoms with Crippen molar-refractivity contribution >= 4 is 35.0 Å². The van der Waals surface area contributed by atoms with Gasteiger partial charge in [-0.25, -0.2) is 0 Å². The summed E-state index contributed by atoms with van der Waals surface area (Å²) < 4.78 is 39.2. The molecule has 0 radical (unpaired) electrons. The number of hydrogen-bond acceptors (Lipinski definition) is 3. The lowest BCUT2D eigenvalue weighted by atomic mass is 10.1. The third kappa shape index (κ3) is 5.39. The van der Waals surface area contributed by atoms with Gasteiger partial charge in [0.2, 0.25) is 0 Å². The van der Waals surface area contributed by atoms with Crippen molar-refractivity contribution in [2.24, 2.45) is 0 Å². The first-order chi connectivity index (χ1) is 13.8. The van der Waals surface area contributed by atoms with Crippen molar-refractivity contribution in [3.05, 3.63) is 84.4 Å². The van der Waals surface area contributed by atoms with E-state index in [0.717, 1.165) is 17.0 Å². The molecule has 0 bridgehead atoms. The zero-order valence-corrected chi connectivity index (χ0v) is 15.7. The van der Waals surface area contributed by atoms with Crippen LogP contribution in [0.15, 0.2) is 88.7 Å². The monoisotopic (exact) mass is 416 g/mol. The summed E-state index contributed by atoms with van der Waals surface area (Å²) in [4.78, 5) is 26.1. The molecule has 148 valence electrons. The van der Waals surface area contributed by atoms with Crippen molar-refractivity contribution in [1.82, 2.24) is 0 Å². The van der Waals surface area contributed by atoms with Crippen molar-refractivity contribution in [1.29, 1.82) is 0 Å². The first-order valence-electron chi connectivity index (χ1n) is 8.45. The van der Waals surface area contributed by atoms with E-state index in [2.05, 4.69) is 5.32 Å². The number of halogens is 3. The number of anilines is 2. The maximum Gasteiger partial charge on any atom is 0.418 e. The summed E-state index contributed by atoms with van der Waals surface area (Å²) in [6.07, 6.45) is -4.65. The molecule has 0 saturated heterocycles. The summed E-state index contributed by atoms with van der Waals surface area (Å²) in [5, 5.41) is 4.48. The smallest absolute Gasteiger partial charge is 0.317 e. The molecule has 0 unspecified atom stereocenters. The number of para-hydroxylation sites is 2. The van der Waals surface area contributed by atoms with Gasteiger partial charge >= 0.3 is 18.0 Å². The molecule has 0 saturated carbocycles. The minimum Gasteiger partial charge on any atom is -0.317 e. The number of rotatable bonds is 4. The molecule has 2 amide bonds. The number of carbonyl (C=O) groups excluding carboxylic acids is 2. The van der Waals surface area contributed by atoms with Gasteiger partial charge in [-0.05, 0) is 36.4 Å². The molecule has 3 aromatic carbocycles. The second-order valence-corrected chi connectivity index (χ2v) is 6.98. The minimum atomic E-state index is -4.65. The summed E-state index contributed by atoms with van der Waals surface area (Å²) in [6, 6.07) is 20.7. The Kier molecular flexibility index (Phi) is 6.23. The Morgan fingerprint density at radius 3 is 1.86 bits per heavy atom. The van der Waals surface area contributed by atoms with E-state index >= 15 is 0 Å². The minimum absolute atomic E-state index is 0.380. The Bertz CT molecular complexity index is 1020. The Labute approximate surface area is 169 Å². The molecule has 0 aliphatic heterocycles. The summed E-state index contributed by atoms with van der Waals surface area (Å²) in [7, 11) is 0. The SMILES string of the molecule is O=C(Nc1ccccc1Sc1ccccc1)C(=O)Nc1ccccc1C(F)(F)F. The van der Waals surface area contributed by atoms with Crippen LogP contribution < -0.4 is 10.6 Å². The lowest BCUT2D eigenvalue weighted by Gasteiger charge is -2.14. The maximum atomic E-state index is 13.1. The van der Waals surface area contributed by atoms with E-state index in [1.54, 1.807) is 24.3 Å². The Morgan fingerprint density at radius 2 is 1.21 bits per heavy atom. The highest BCUT2D eigenvalue weighted by atomic mass is 32.2. The molecule has 3 rings (SSSR count). The lowest BCUT2D eigenvalue weighted by Crippen LogP contribution is -2.30. The standard InChI is InChI=1S/C21H15F3N2O2S/c22-21(23,24)15-10-4-5-11-16(15)25-19(27)20(28)26-17-12-6-7-13-18(17)29-14-8-2-1-3-9-14/h1-13H,(H,25,27)(H,26,28). The van der Waals surface area contributed by atoms with Crippen LogP contribution in [0.1, 0.15) is 5.56 Å². The van der Waals surface area contributed by atoms with Crippen LogP contribution in [0.4, 0.5) is 24.5 Å². The molecule has 4 nitrogen and oxygen atoms in total. The van der Waals surface area contributed by atoms with Gasteiger partial charge in [0.1, 0.15) is 0 Å². The fraction of sp³-hybridized carbons (Fsp3) is 0.0476. The summed E-state index contributed by atoms with van der Waals surface area (Å²) in [5.74, 6) is -2.26. The summed E-state index contributed by atoms with van der Waals surface area (Å²) >= 11 is 1.38. The zero-order valence-electron chi connectivity index (χ0n) is 14.9. The molecule has 0 fully saturated rings. The van der Waals surface area contributed by atoms with E-state index in [4.69, 9.17) is 0 Å². The number of amides is 2. The van der Waals surface area contributed by atoms with Gasteiger partial charge in [-0.2, -0.15) is 13.2 Å². The normalized spacial score (nSPS) is 11.0. The first kappa shape index (κ1) is 20.5. The predicted octanol–water partition coefficient (Wildman–Crippen LogP) is 5.43. The molecule has 29 heavy (non-hydrogen) atoms. The lowest BCUT2D eigenvalue weighted by molar-refractivity contribution is -0.137. The average molecular weight is 416 g/mol. The molecule has 3 aromatic rings. The van der Waals surface area contributed by atoms with Crippen LogP contribution in [0.25, 0.3) is 0 Å². The molecule has 0 aliphatic rings. The van der Waals surface area contributed by atoms with Crippen molar-refractivity contribution in [3.8, 4) is 0 Å². The van der Waals surface area contributed by atoms with Gasteiger partial charge < -0.3 is 10.6 Å². The number of alkyl halides is 3. The van der Waals surface area contributed by atoms with Crippen LogP contribution in [-0.4, -0.2) is 11.8 Å². The van der Waals surface area contributed by atoms with Gasteiger partial charge in [-0.15, -0.1) is 0 Å². The number of carbonyl (C=O) groups is 2. The van der Waals surface area contributed by atoms with Gasteiger partial charge in [0, 0.05) is 9.79 Å². The van der Waals surface area contributed by atoms with E-state index in [0.29, 0.717) is 10.6 Å². The van der Waals surface area contributed by atoms with Crippen LogP contribution in [0.3, 0.4) is 0 Å². The Hall–Kier alpha value is -3.26. The third-order valence-electron chi connectivity index (χ3n) is 3.79. The Morgan fingerprint density at radius 1 is 0.690 bits per heavy atom. The van der Waals surface area contributed by atoms with Crippen molar-refractivity contribution in [2.45, 2.75) is 16.0 Å². The second-order valence-electron chi connectivity index (χ2n) is 5.86. The first-order valence-corrected chi connectivity index (χ1v) is 9.27. The van der Waals surface area contributed by atoms with Gasteiger partial charge in [0.15, 0.2) is 0 Å². The van der Waals surface area contributed by atoms with Crippen LogP contribution in [0.5, 0.6) is 0 Å². The highest BCUT2D eigenvalue weighted by Crippen LogP contribution is 2.35. The van der Waals surface area contributed by atoms with Gasteiger partial charge in [0.25, 0.3) is 0 Å². The number of benzene rings is 3. The second kappa shape index (κ2) is 8.83. The van der Waals surface area contributed by atoms with E-state index in [9.17, 15) is 22.8 Å². The predicted molar refractivity (Wildman–Crippen MR) is 106 cm³/mol. The fourth-order valence-electron chi connectivity index (χ4n) is 2.47. The molecule has 0 spiro atoms. The van der Waals surface area contributed by atoms with E-state index in [1.165, 1.54) is 23.9 Å². The summed E-state index contributed by atoms with van der Waals surface area (Å²) in [5.41, 5.74) is -1.13. The molecule has 0 aromatic heterocycles. The fourth-order valence-corrected chi connectivity index (χ4v) is 3.39. The topological polar surface area (TPSA) is 58.2 Å². The summed E-state index contributed by atoms with van der Waals surface area (Å²) in [6.45, 7) is 0. The van der Waals surface area contributed by atoms with E-state index in [-0.39, 0.29) is 0 Å². The molecule has 0 aliphatic carbocycles. The maximum absolute atomic E-state index is 13.1. The Balaban J connectivity index is 1.74. The number of hydrogen-bond donors (Lipinski definition) is 2.